The Labute approximate surface area is 135 Å². The van der Waals surface area contributed by atoms with E-state index in [9.17, 15) is 0 Å². The van der Waals surface area contributed by atoms with Crippen LogP contribution in [0.1, 0.15) is 43.2 Å². The molecule has 1 aromatic rings. The van der Waals surface area contributed by atoms with Crippen LogP contribution in [0.25, 0.3) is 0 Å². The molecule has 2 aliphatic rings. The van der Waals surface area contributed by atoms with Crippen molar-refractivity contribution in [2.75, 3.05) is 39.8 Å². The largest absolute Gasteiger partial charge is 0.494 e. The molecule has 0 N–H and O–H groups in total. The number of fused-ring (bicyclic) bond motifs is 1. The molecule has 1 aromatic carbocycles. The molecule has 3 heteroatoms. The van der Waals surface area contributed by atoms with Crippen LogP contribution < -0.4 is 4.74 Å². The highest BCUT2D eigenvalue weighted by molar-refractivity contribution is 5.36. The first-order valence-electron chi connectivity index (χ1n) is 8.97. The molecular weight excluding hydrogens is 272 g/mol. The minimum Gasteiger partial charge on any atom is -0.494 e. The second-order valence-corrected chi connectivity index (χ2v) is 6.88. The molecule has 0 spiro atoms. The van der Waals surface area contributed by atoms with Crippen molar-refractivity contribution in [2.45, 2.75) is 45.1 Å². The fourth-order valence-corrected chi connectivity index (χ4v) is 3.65. The molecular formula is C19H30N2O. The topological polar surface area (TPSA) is 15.7 Å². The lowest BCUT2D eigenvalue weighted by atomic mass is 10.0. The van der Waals surface area contributed by atoms with Gasteiger partial charge in [0.15, 0.2) is 0 Å². The van der Waals surface area contributed by atoms with Crippen LogP contribution in [-0.2, 0) is 13.0 Å². The molecule has 0 atom stereocenters. The lowest BCUT2D eigenvalue weighted by molar-refractivity contribution is 0.205. The van der Waals surface area contributed by atoms with E-state index in [1.54, 1.807) is 0 Å². The minimum absolute atomic E-state index is 0.842. The maximum absolute atomic E-state index is 5.99. The number of nitrogens with zero attached hydrogens (tertiary/aromatic N) is 2. The van der Waals surface area contributed by atoms with Crippen molar-refractivity contribution in [3.8, 4) is 5.75 Å². The van der Waals surface area contributed by atoms with Crippen LogP contribution in [0, 0.1) is 0 Å². The summed E-state index contributed by atoms with van der Waals surface area (Å²) in [6.45, 7) is 6.87. The first kappa shape index (κ1) is 15.8. The third kappa shape index (κ3) is 4.47. The van der Waals surface area contributed by atoms with E-state index in [-0.39, 0.29) is 0 Å². The number of benzene rings is 1. The molecule has 0 unspecified atom stereocenters. The highest BCUT2D eigenvalue weighted by Crippen LogP contribution is 2.23. The molecule has 0 radical (unpaired) electrons. The van der Waals surface area contributed by atoms with Gasteiger partial charge in [0.05, 0.1) is 6.61 Å². The van der Waals surface area contributed by atoms with Gasteiger partial charge in [-0.15, -0.1) is 0 Å². The van der Waals surface area contributed by atoms with E-state index in [1.165, 1.54) is 69.4 Å². The summed E-state index contributed by atoms with van der Waals surface area (Å²) in [6.07, 6.45) is 7.74. The SMILES string of the molecule is CN1CCCc2cc(OCCCN3CCCCC3)ccc2C1. The van der Waals surface area contributed by atoms with E-state index in [2.05, 4.69) is 35.0 Å². The lowest BCUT2D eigenvalue weighted by Crippen LogP contribution is -2.31. The average Bonchev–Trinajstić information content (AvgIpc) is 2.73. The third-order valence-electron chi connectivity index (χ3n) is 4.94. The summed E-state index contributed by atoms with van der Waals surface area (Å²) in [5.74, 6) is 1.06. The van der Waals surface area contributed by atoms with Gasteiger partial charge in [0.1, 0.15) is 5.75 Å². The van der Waals surface area contributed by atoms with Crippen LogP contribution in [0.3, 0.4) is 0 Å². The van der Waals surface area contributed by atoms with Gasteiger partial charge >= 0.3 is 0 Å². The smallest absolute Gasteiger partial charge is 0.119 e. The van der Waals surface area contributed by atoms with Gasteiger partial charge in [-0.25, -0.2) is 0 Å². The van der Waals surface area contributed by atoms with Crippen LogP contribution in [0.4, 0.5) is 0 Å². The summed E-state index contributed by atoms with van der Waals surface area (Å²) >= 11 is 0. The fourth-order valence-electron chi connectivity index (χ4n) is 3.65. The summed E-state index contributed by atoms with van der Waals surface area (Å²) in [7, 11) is 2.21. The van der Waals surface area contributed by atoms with Crippen LogP contribution in [-0.4, -0.2) is 49.6 Å². The normalized spacial score (nSPS) is 20.4. The molecule has 2 aliphatic heterocycles. The van der Waals surface area contributed by atoms with Crippen molar-refractivity contribution in [1.82, 2.24) is 9.80 Å². The Kier molecular flexibility index (Phi) is 5.74. The molecule has 0 aromatic heterocycles. The summed E-state index contributed by atoms with van der Waals surface area (Å²) in [4.78, 5) is 4.99. The number of likely N-dealkylation sites (tertiary alicyclic amines) is 1. The van der Waals surface area contributed by atoms with E-state index in [4.69, 9.17) is 4.74 Å². The van der Waals surface area contributed by atoms with Crippen LogP contribution in [0.2, 0.25) is 0 Å². The molecule has 1 fully saturated rings. The molecule has 0 aliphatic carbocycles. The second kappa shape index (κ2) is 7.98. The van der Waals surface area contributed by atoms with Gasteiger partial charge in [-0.1, -0.05) is 12.5 Å². The maximum atomic E-state index is 5.99. The van der Waals surface area contributed by atoms with Gasteiger partial charge in [0, 0.05) is 13.1 Å². The van der Waals surface area contributed by atoms with E-state index in [1.807, 2.05) is 0 Å². The number of ether oxygens (including phenoxy) is 1. The van der Waals surface area contributed by atoms with Gasteiger partial charge < -0.3 is 14.5 Å². The highest BCUT2D eigenvalue weighted by Gasteiger charge is 2.12. The Morgan fingerprint density at radius 2 is 1.86 bits per heavy atom. The quantitative estimate of drug-likeness (QED) is 0.776. The minimum atomic E-state index is 0.842. The number of hydrogen-bond donors (Lipinski definition) is 0. The van der Waals surface area contributed by atoms with Crippen molar-refractivity contribution < 1.29 is 4.74 Å². The second-order valence-electron chi connectivity index (χ2n) is 6.88. The van der Waals surface area contributed by atoms with Gasteiger partial charge in [0.2, 0.25) is 0 Å². The Hall–Kier alpha value is -1.06. The Bertz CT molecular complexity index is 469. The van der Waals surface area contributed by atoms with E-state index in [0.717, 1.165) is 25.3 Å². The fraction of sp³-hybridized carbons (Fsp3) is 0.684. The van der Waals surface area contributed by atoms with Crippen LogP contribution in [0.5, 0.6) is 5.75 Å². The molecule has 3 nitrogen and oxygen atoms in total. The third-order valence-corrected chi connectivity index (χ3v) is 4.94. The lowest BCUT2D eigenvalue weighted by Gasteiger charge is -2.26. The van der Waals surface area contributed by atoms with Crippen molar-refractivity contribution in [3.05, 3.63) is 29.3 Å². The molecule has 22 heavy (non-hydrogen) atoms. The van der Waals surface area contributed by atoms with Crippen molar-refractivity contribution in [1.29, 1.82) is 0 Å². The first-order chi connectivity index (χ1) is 10.8. The first-order valence-corrected chi connectivity index (χ1v) is 8.97. The van der Waals surface area contributed by atoms with Gasteiger partial charge in [0.25, 0.3) is 0 Å². The zero-order valence-corrected chi connectivity index (χ0v) is 14.0. The predicted octanol–water partition coefficient (Wildman–Crippen LogP) is 3.32. The number of aryl methyl sites for hydroxylation is 1. The highest BCUT2D eigenvalue weighted by atomic mass is 16.5. The van der Waals surface area contributed by atoms with Crippen LogP contribution >= 0.6 is 0 Å². The monoisotopic (exact) mass is 302 g/mol. The maximum Gasteiger partial charge on any atom is 0.119 e. The van der Waals surface area contributed by atoms with Crippen molar-refractivity contribution >= 4 is 0 Å². The number of piperidine rings is 1. The summed E-state index contributed by atoms with van der Waals surface area (Å²) in [5.41, 5.74) is 2.96. The van der Waals surface area contributed by atoms with E-state index in [0.29, 0.717) is 0 Å². The predicted molar refractivity (Wildman–Crippen MR) is 91.5 cm³/mol. The Morgan fingerprint density at radius 1 is 1.00 bits per heavy atom. The van der Waals surface area contributed by atoms with Gasteiger partial charge in [-0.2, -0.15) is 0 Å². The molecule has 0 saturated carbocycles. The summed E-state index contributed by atoms with van der Waals surface area (Å²) in [6, 6.07) is 6.69. The molecule has 2 heterocycles. The molecule has 0 amide bonds. The van der Waals surface area contributed by atoms with Gasteiger partial charge in [-0.3, -0.25) is 0 Å². The molecule has 1 saturated heterocycles. The van der Waals surface area contributed by atoms with E-state index < -0.39 is 0 Å². The Balaban J connectivity index is 1.45. The van der Waals surface area contributed by atoms with E-state index >= 15 is 0 Å². The molecule has 122 valence electrons. The zero-order valence-electron chi connectivity index (χ0n) is 14.0. The number of hydrogen-bond acceptors (Lipinski definition) is 3. The van der Waals surface area contributed by atoms with Crippen molar-refractivity contribution in [2.24, 2.45) is 0 Å². The Morgan fingerprint density at radius 3 is 2.73 bits per heavy atom. The molecule has 0 bridgehead atoms. The number of rotatable bonds is 5. The van der Waals surface area contributed by atoms with Crippen molar-refractivity contribution in [3.63, 3.8) is 0 Å². The molecule has 3 rings (SSSR count). The van der Waals surface area contributed by atoms with Gasteiger partial charge in [-0.05, 0) is 82.0 Å². The standard InChI is InChI=1S/C19H30N2O/c1-20-10-5-7-17-15-19(9-8-18(17)16-20)22-14-6-13-21-11-3-2-4-12-21/h8-9,15H,2-7,10-14,16H2,1H3. The average molecular weight is 302 g/mol. The zero-order chi connectivity index (χ0) is 15.2. The summed E-state index contributed by atoms with van der Waals surface area (Å²) in [5, 5.41) is 0. The summed E-state index contributed by atoms with van der Waals surface area (Å²) < 4.78 is 5.99. The van der Waals surface area contributed by atoms with Crippen LogP contribution in [0.15, 0.2) is 18.2 Å².